The molecule has 0 aliphatic heterocycles. The molecule has 0 aliphatic carbocycles. The number of rotatable bonds is 2. The zero-order valence-electron chi connectivity index (χ0n) is 10.9. The van der Waals surface area contributed by atoms with E-state index >= 15 is 0 Å². The Kier molecular flexibility index (Phi) is 3.76. The second-order valence-corrected chi connectivity index (χ2v) is 4.35. The lowest BCUT2D eigenvalue weighted by molar-refractivity contribution is 0.0842. The average Bonchev–Trinajstić information content (AvgIpc) is 2.39. The number of amides is 2. The molecule has 2 rings (SSSR count). The molecule has 0 bridgehead atoms. The van der Waals surface area contributed by atoms with Crippen LogP contribution in [0.4, 0.5) is 0 Å². The molecule has 0 aliphatic rings. The second kappa shape index (κ2) is 5.48. The van der Waals surface area contributed by atoms with Crippen LogP contribution in [0.1, 0.15) is 31.8 Å². The maximum atomic E-state index is 12.0. The lowest BCUT2D eigenvalue weighted by Gasteiger charge is -2.05. The van der Waals surface area contributed by atoms with Crippen molar-refractivity contribution in [2.45, 2.75) is 13.8 Å². The zero-order valence-corrected chi connectivity index (χ0v) is 10.9. The predicted octanol–water partition coefficient (Wildman–Crippen LogP) is 2.89. The summed E-state index contributed by atoms with van der Waals surface area (Å²) in [5.41, 5.74) is 2.55. The van der Waals surface area contributed by atoms with E-state index in [1.807, 2.05) is 38.1 Å². The van der Waals surface area contributed by atoms with Crippen LogP contribution in [0, 0.1) is 13.8 Å². The van der Waals surface area contributed by atoms with E-state index in [4.69, 9.17) is 0 Å². The number of aryl methyl sites for hydroxylation is 2. The van der Waals surface area contributed by atoms with Gasteiger partial charge in [-0.05, 0) is 37.1 Å². The van der Waals surface area contributed by atoms with E-state index in [0.29, 0.717) is 11.1 Å². The third-order valence-corrected chi connectivity index (χ3v) is 2.95. The fourth-order valence-electron chi connectivity index (χ4n) is 1.84. The quantitative estimate of drug-likeness (QED) is 0.771. The van der Waals surface area contributed by atoms with Gasteiger partial charge in [0.2, 0.25) is 0 Å². The van der Waals surface area contributed by atoms with E-state index in [-0.39, 0.29) is 0 Å². The molecule has 2 aromatic rings. The molecule has 3 nitrogen and oxygen atoms in total. The smallest absolute Gasteiger partial charge is 0.267 e. The van der Waals surface area contributed by atoms with E-state index in [2.05, 4.69) is 5.32 Å². The number of carbonyl (C=O) groups is 2. The van der Waals surface area contributed by atoms with E-state index in [0.717, 1.165) is 11.1 Å². The lowest BCUT2D eigenvalue weighted by Crippen LogP contribution is -2.24. The summed E-state index contributed by atoms with van der Waals surface area (Å²) in [4.78, 5) is 23.9. The fourth-order valence-corrected chi connectivity index (χ4v) is 1.84. The number of imide groups is 1. The van der Waals surface area contributed by atoms with Crippen LogP contribution in [0.3, 0.4) is 0 Å². The van der Waals surface area contributed by atoms with Gasteiger partial charge in [-0.2, -0.15) is 5.32 Å². The van der Waals surface area contributed by atoms with Gasteiger partial charge in [0.05, 0.1) is 0 Å². The molecule has 19 heavy (non-hydrogen) atoms. The van der Waals surface area contributed by atoms with Crippen LogP contribution in [-0.4, -0.2) is 11.8 Å². The van der Waals surface area contributed by atoms with Gasteiger partial charge in [-0.3, -0.25) is 9.59 Å². The van der Waals surface area contributed by atoms with E-state index < -0.39 is 11.8 Å². The number of hydrogen-bond donors (Lipinski definition) is 0. The van der Waals surface area contributed by atoms with Crippen molar-refractivity contribution in [1.29, 1.82) is 0 Å². The molecule has 0 fully saturated rings. The lowest BCUT2D eigenvalue weighted by atomic mass is 10.1. The average molecular weight is 252 g/mol. The third-order valence-electron chi connectivity index (χ3n) is 2.95. The molecule has 0 aromatic heterocycles. The van der Waals surface area contributed by atoms with Crippen molar-refractivity contribution in [2.24, 2.45) is 0 Å². The minimum atomic E-state index is -0.494. The van der Waals surface area contributed by atoms with Crippen LogP contribution in [0.15, 0.2) is 48.5 Å². The van der Waals surface area contributed by atoms with Gasteiger partial charge in [0, 0.05) is 11.1 Å². The molecule has 0 unspecified atom stereocenters. The zero-order chi connectivity index (χ0) is 13.8. The van der Waals surface area contributed by atoms with Gasteiger partial charge in [-0.1, -0.05) is 36.4 Å². The van der Waals surface area contributed by atoms with Gasteiger partial charge >= 0.3 is 0 Å². The molecule has 0 atom stereocenters. The van der Waals surface area contributed by atoms with Crippen LogP contribution >= 0.6 is 0 Å². The van der Waals surface area contributed by atoms with Crippen molar-refractivity contribution in [1.82, 2.24) is 5.32 Å². The van der Waals surface area contributed by atoms with Crippen molar-refractivity contribution < 1.29 is 9.59 Å². The first-order valence-corrected chi connectivity index (χ1v) is 6.01. The molecule has 3 heteroatoms. The molecule has 0 N–H and O–H groups in total. The summed E-state index contributed by atoms with van der Waals surface area (Å²) in [7, 11) is 0. The second-order valence-electron chi connectivity index (χ2n) is 4.35. The maximum Gasteiger partial charge on any atom is 0.280 e. The molecule has 0 heterocycles. The molecule has 0 saturated carbocycles. The molecular weight excluding hydrogens is 238 g/mol. The summed E-state index contributed by atoms with van der Waals surface area (Å²) in [6.45, 7) is 3.64. The number of carbonyl (C=O) groups excluding carboxylic acids is 2. The monoisotopic (exact) mass is 252 g/mol. The highest BCUT2D eigenvalue weighted by Crippen LogP contribution is 2.10. The van der Waals surface area contributed by atoms with E-state index in [1.54, 1.807) is 24.3 Å². The predicted molar refractivity (Wildman–Crippen MR) is 73.2 cm³/mol. The van der Waals surface area contributed by atoms with Gasteiger partial charge in [-0.25, -0.2) is 0 Å². The van der Waals surface area contributed by atoms with Crippen LogP contribution in [0.2, 0.25) is 0 Å². The first-order valence-electron chi connectivity index (χ1n) is 6.01. The minimum Gasteiger partial charge on any atom is -0.267 e. The van der Waals surface area contributed by atoms with Crippen LogP contribution in [0.25, 0.3) is 0 Å². The summed E-state index contributed by atoms with van der Waals surface area (Å²) < 4.78 is 0. The van der Waals surface area contributed by atoms with Crippen molar-refractivity contribution >= 4 is 11.8 Å². The first-order chi connectivity index (χ1) is 9.09. The minimum absolute atomic E-state index is 0.462. The van der Waals surface area contributed by atoms with Crippen LogP contribution < -0.4 is 5.32 Å². The molecule has 1 radical (unpaired) electrons. The SMILES string of the molecule is Cc1ccccc1C(=O)[N]C(=O)c1ccccc1C. The highest BCUT2D eigenvalue weighted by Gasteiger charge is 2.17. The van der Waals surface area contributed by atoms with Crippen LogP contribution in [0.5, 0.6) is 0 Å². The van der Waals surface area contributed by atoms with Gasteiger partial charge in [0.25, 0.3) is 11.8 Å². The summed E-state index contributed by atoms with van der Waals surface area (Å²) in [6.07, 6.45) is 0. The van der Waals surface area contributed by atoms with Crippen molar-refractivity contribution in [3.05, 3.63) is 70.8 Å². The molecule has 0 saturated heterocycles. The number of nitrogens with zero attached hydrogens (tertiary/aromatic N) is 1. The van der Waals surface area contributed by atoms with Crippen molar-refractivity contribution in [3.63, 3.8) is 0 Å². The summed E-state index contributed by atoms with van der Waals surface area (Å²) in [6, 6.07) is 14.2. The maximum absolute atomic E-state index is 12.0. The van der Waals surface area contributed by atoms with E-state index in [1.165, 1.54) is 0 Å². The standard InChI is InChI=1S/C16H14NO2/c1-11-7-3-5-9-13(11)15(18)17-16(19)14-10-6-4-8-12(14)2/h3-10H,1-2H3. The van der Waals surface area contributed by atoms with E-state index in [9.17, 15) is 9.59 Å². The van der Waals surface area contributed by atoms with Gasteiger partial charge < -0.3 is 0 Å². The third kappa shape index (κ3) is 2.88. The largest absolute Gasteiger partial charge is 0.280 e. The Labute approximate surface area is 112 Å². The molecular formula is C16H14NO2. The Hall–Kier alpha value is -2.42. The Morgan fingerprint density at radius 2 is 1.11 bits per heavy atom. The Morgan fingerprint density at radius 3 is 1.47 bits per heavy atom. The molecule has 2 amide bonds. The topological polar surface area (TPSA) is 48.2 Å². The van der Waals surface area contributed by atoms with Gasteiger partial charge in [-0.15, -0.1) is 0 Å². The van der Waals surface area contributed by atoms with Gasteiger partial charge in [0.1, 0.15) is 0 Å². The molecule has 0 spiro atoms. The first kappa shape index (κ1) is 13.0. The van der Waals surface area contributed by atoms with Crippen molar-refractivity contribution in [3.8, 4) is 0 Å². The number of hydrogen-bond acceptors (Lipinski definition) is 2. The summed E-state index contributed by atoms with van der Waals surface area (Å²) >= 11 is 0. The normalized spacial score (nSPS) is 10.0. The number of benzene rings is 2. The molecule has 95 valence electrons. The van der Waals surface area contributed by atoms with Crippen LogP contribution in [-0.2, 0) is 0 Å². The Bertz CT molecular complexity index is 577. The Balaban J connectivity index is 2.19. The fraction of sp³-hybridized carbons (Fsp3) is 0.125. The highest BCUT2D eigenvalue weighted by molar-refractivity contribution is 6.10. The van der Waals surface area contributed by atoms with Crippen molar-refractivity contribution in [2.75, 3.05) is 0 Å². The summed E-state index contributed by atoms with van der Waals surface area (Å²) in [5, 5.41) is 3.66. The highest BCUT2D eigenvalue weighted by atomic mass is 16.2. The van der Waals surface area contributed by atoms with Gasteiger partial charge in [0.15, 0.2) is 0 Å². The Morgan fingerprint density at radius 1 is 0.737 bits per heavy atom. The molecule has 2 aromatic carbocycles. The summed E-state index contributed by atoms with van der Waals surface area (Å²) in [5.74, 6) is -0.988.